The van der Waals surface area contributed by atoms with Crippen LogP contribution in [-0.4, -0.2) is 25.5 Å². The quantitative estimate of drug-likeness (QED) is 0.805. The molecule has 1 aromatic carbocycles. The first-order valence-corrected chi connectivity index (χ1v) is 7.19. The molecule has 0 spiro atoms. The number of hydrogen-bond acceptors (Lipinski definition) is 3. The third-order valence-electron chi connectivity index (χ3n) is 3.14. The molecule has 0 unspecified atom stereocenters. The van der Waals surface area contributed by atoms with Crippen LogP contribution in [0.3, 0.4) is 0 Å². The van der Waals surface area contributed by atoms with Gasteiger partial charge in [-0.3, -0.25) is 4.79 Å². The summed E-state index contributed by atoms with van der Waals surface area (Å²) in [5.41, 5.74) is 1.39. The number of hydrogen-bond donors (Lipinski definition) is 2. The Kier molecular flexibility index (Phi) is 5.04. The number of benzene rings is 1. The molecule has 1 amide bonds. The Morgan fingerprint density at radius 1 is 1.30 bits per heavy atom. The minimum Gasteiger partial charge on any atom is -0.449 e. The molecular weight excluding hydrogens is 276 g/mol. The lowest BCUT2D eigenvalue weighted by molar-refractivity contribution is 0.0927. The monoisotopic (exact) mass is 294 g/mol. The van der Waals surface area contributed by atoms with Crippen LogP contribution in [0.2, 0.25) is 5.02 Å². The van der Waals surface area contributed by atoms with Crippen LogP contribution in [0, 0.1) is 6.92 Å². The lowest BCUT2D eigenvalue weighted by Crippen LogP contribution is -2.32. The van der Waals surface area contributed by atoms with Crippen molar-refractivity contribution in [3.05, 3.63) is 34.5 Å². The highest BCUT2D eigenvalue weighted by Crippen LogP contribution is 2.30. The van der Waals surface area contributed by atoms with Gasteiger partial charge in [0.25, 0.3) is 5.91 Å². The van der Waals surface area contributed by atoms with Gasteiger partial charge in [-0.05, 0) is 26.0 Å². The smallest absolute Gasteiger partial charge is 0.287 e. The molecule has 5 heteroatoms. The number of halogens is 1. The summed E-state index contributed by atoms with van der Waals surface area (Å²) in [5.74, 6) is 0.136. The highest BCUT2D eigenvalue weighted by Gasteiger charge is 2.18. The van der Waals surface area contributed by atoms with Gasteiger partial charge < -0.3 is 15.1 Å². The van der Waals surface area contributed by atoms with Crippen LogP contribution in [0.25, 0.3) is 11.0 Å². The van der Waals surface area contributed by atoms with Gasteiger partial charge in [0.05, 0.1) is 5.02 Å². The Morgan fingerprint density at radius 3 is 2.80 bits per heavy atom. The van der Waals surface area contributed by atoms with Gasteiger partial charge >= 0.3 is 0 Å². The lowest BCUT2D eigenvalue weighted by Gasteiger charge is -2.04. The Bertz CT molecular complexity index is 607. The Morgan fingerprint density at radius 2 is 2.10 bits per heavy atom. The lowest BCUT2D eigenvalue weighted by atomic mass is 10.1. The number of rotatable bonds is 6. The molecule has 2 rings (SSSR count). The zero-order valence-corrected chi connectivity index (χ0v) is 12.5. The summed E-state index contributed by atoms with van der Waals surface area (Å²) >= 11 is 6.07. The van der Waals surface area contributed by atoms with Gasteiger partial charge in [0.1, 0.15) is 0 Å². The molecule has 0 aliphatic carbocycles. The van der Waals surface area contributed by atoms with E-state index < -0.39 is 0 Å². The van der Waals surface area contributed by atoms with E-state index in [2.05, 4.69) is 17.6 Å². The number of amides is 1. The fraction of sp³-hybridized carbons (Fsp3) is 0.400. The number of fused-ring (bicyclic) bond motifs is 1. The van der Waals surface area contributed by atoms with Gasteiger partial charge in [-0.2, -0.15) is 0 Å². The summed E-state index contributed by atoms with van der Waals surface area (Å²) in [6, 6.07) is 5.51. The van der Waals surface area contributed by atoms with Gasteiger partial charge in [0, 0.05) is 24.0 Å². The van der Waals surface area contributed by atoms with E-state index in [9.17, 15) is 4.79 Å². The van der Waals surface area contributed by atoms with Crippen molar-refractivity contribution >= 4 is 28.5 Å². The van der Waals surface area contributed by atoms with E-state index >= 15 is 0 Å². The van der Waals surface area contributed by atoms with Crippen molar-refractivity contribution in [3.8, 4) is 0 Å². The standard InChI is InChI=1S/C15H19ClN2O2/c1-3-7-17-8-9-18-15(19)13-10(2)11-5-4-6-12(16)14(11)20-13/h4-6,17H,3,7-9H2,1-2H3,(H,18,19). The van der Waals surface area contributed by atoms with Crippen LogP contribution in [0.1, 0.15) is 29.5 Å². The highest BCUT2D eigenvalue weighted by atomic mass is 35.5. The molecule has 20 heavy (non-hydrogen) atoms. The van der Waals surface area contributed by atoms with E-state index in [1.165, 1.54) is 0 Å². The minimum atomic E-state index is -0.201. The predicted molar refractivity (Wildman–Crippen MR) is 81.5 cm³/mol. The largest absolute Gasteiger partial charge is 0.449 e. The van der Waals surface area contributed by atoms with Crippen LogP contribution in [0.4, 0.5) is 0 Å². The summed E-state index contributed by atoms with van der Waals surface area (Å²) < 4.78 is 5.61. The topological polar surface area (TPSA) is 54.3 Å². The second kappa shape index (κ2) is 6.77. The summed E-state index contributed by atoms with van der Waals surface area (Å²) in [6.07, 6.45) is 1.08. The molecule has 0 saturated heterocycles. The van der Waals surface area contributed by atoms with Crippen LogP contribution in [0.5, 0.6) is 0 Å². The molecule has 0 bridgehead atoms. The molecule has 4 nitrogen and oxygen atoms in total. The highest BCUT2D eigenvalue weighted by molar-refractivity contribution is 6.35. The number of aryl methyl sites for hydroxylation is 1. The maximum absolute atomic E-state index is 12.1. The van der Waals surface area contributed by atoms with Gasteiger partial charge in [-0.1, -0.05) is 30.7 Å². The zero-order chi connectivity index (χ0) is 14.5. The molecule has 0 saturated carbocycles. The third kappa shape index (κ3) is 3.14. The van der Waals surface area contributed by atoms with Gasteiger partial charge in [0.15, 0.2) is 11.3 Å². The molecule has 0 fully saturated rings. The second-order valence-corrected chi connectivity index (χ2v) is 5.09. The summed E-state index contributed by atoms with van der Waals surface area (Å²) in [4.78, 5) is 12.1. The number of carbonyl (C=O) groups excluding carboxylic acids is 1. The predicted octanol–water partition coefficient (Wildman–Crippen LogP) is 3.12. The average Bonchev–Trinajstić information content (AvgIpc) is 2.78. The van der Waals surface area contributed by atoms with Crippen molar-refractivity contribution in [2.75, 3.05) is 19.6 Å². The van der Waals surface area contributed by atoms with E-state index in [1.54, 1.807) is 6.07 Å². The zero-order valence-electron chi connectivity index (χ0n) is 11.8. The maximum atomic E-state index is 12.1. The Hall–Kier alpha value is -1.52. The SMILES string of the molecule is CCCNCCNC(=O)c1oc2c(Cl)cccc2c1C. The first-order valence-electron chi connectivity index (χ1n) is 6.81. The molecule has 1 heterocycles. The molecule has 108 valence electrons. The van der Waals surface area contributed by atoms with Crippen LogP contribution >= 0.6 is 11.6 Å². The number of furan rings is 1. The molecule has 0 atom stereocenters. The van der Waals surface area contributed by atoms with E-state index in [0.717, 1.165) is 30.5 Å². The van der Waals surface area contributed by atoms with E-state index in [4.69, 9.17) is 16.0 Å². The van der Waals surface area contributed by atoms with Crippen molar-refractivity contribution in [2.45, 2.75) is 20.3 Å². The number of para-hydroxylation sites is 1. The van der Waals surface area contributed by atoms with Crippen LogP contribution in [-0.2, 0) is 0 Å². The molecule has 0 radical (unpaired) electrons. The normalized spacial score (nSPS) is 10.9. The Balaban J connectivity index is 2.07. The van der Waals surface area contributed by atoms with Gasteiger partial charge in [0.2, 0.25) is 0 Å². The van der Waals surface area contributed by atoms with E-state index in [-0.39, 0.29) is 5.91 Å². The van der Waals surface area contributed by atoms with Crippen LogP contribution in [0.15, 0.2) is 22.6 Å². The van der Waals surface area contributed by atoms with Crippen molar-refractivity contribution in [2.24, 2.45) is 0 Å². The van der Waals surface area contributed by atoms with E-state index in [1.807, 2.05) is 19.1 Å². The molecule has 2 N–H and O–H groups in total. The second-order valence-electron chi connectivity index (χ2n) is 4.68. The van der Waals surface area contributed by atoms with Crippen molar-refractivity contribution in [1.82, 2.24) is 10.6 Å². The number of nitrogens with one attached hydrogen (secondary N) is 2. The van der Waals surface area contributed by atoms with Crippen LogP contribution < -0.4 is 10.6 Å². The summed E-state index contributed by atoms with van der Waals surface area (Å²) in [5, 5.41) is 7.47. The van der Waals surface area contributed by atoms with Gasteiger partial charge in [-0.15, -0.1) is 0 Å². The van der Waals surface area contributed by atoms with Crippen molar-refractivity contribution in [1.29, 1.82) is 0 Å². The number of carbonyl (C=O) groups is 1. The Labute approximate surface area is 123 Å². The van der Waals surface area contributed by atoms with E-state index in [0.29, 0.717) is 22.9 Å². The van der Waals surface area contributed by atoms with Crippen molar-refractivity contribution < 1.29 is 9.21 Å². The molecule has 2 aromatic rings. The summed E-state index contributed by atoms with van der Waals surface area (Å²) in [7, 11) is 0. The minimum absolute atomic E-state index is 0.201. The van der Waals surface area contributed by atoms with Crippen molar-refractivity contribution in [3.63, 3.8) is 0 Å². The molecule has 0 aliphatic heterocycles. The molecule has 0 aliphatic rings. The average molecular weight is 295 g/mol. The third-order valence-corrected chi connectivity index (χ3v) is 3.43. The first kappa shape index (κ1) is 14.9. The fourth-order valence-electron chi connectivity index (χ4n) is 2.07. The first-order chi connectivity index (χ1) is 9.65. The fourth-order valence-corrected chi connectivity index (χ4v) is 2.29. The van der Waals surface area contributed by atoms with Gasteiger partial charge in [-0.25, -0.2) is 0 Å². The maximum Gasteiger partial charge on any atom is 0.287 e. The molecule has 1 aromatic heterocycles. The summed E-state index contributed by atoms with van der Waals surface area (Å²) in [6.45, 7) is 6.25. The molecular formula is C15H19ClN2O2.